The summed E-state index contributed by atoms with van der Waals surface area (Å²) in [4.78, 5) is 13.9. The van der Waals surface area contributed by atoms with Crippen LogP contribution in [0.2, 0.25) is 0 Å². The minimum absolute atomic E-state index is 0.0436. The Labute approximate surface area is 111 Å². The average Bonchev–Trinajstić information content (AvgIpc) is 2.29. The van der Waals surface area contributed by atoms with E-state index >= 15 is 0 Å². The first-order valence-corrected chi connectivity index (χ1v) is 6.63. The molecule has 0 aromatic heterocycles. The van der Waals surface area contributed by atoms with Crippen molar-refractivity contribution in [1.29, 1.82) is 0 Å². The van der Waals surface area contributed by atoms with Crippen LogP contribution in [0.1, 0.15) is 27.2 Å². The molecule has 0 aromatic carbocycles. The quantitative estimate of drug-likeness (QED) is 0.559. The molecule has 5 nitrogen and oxygen atoms in total. The third-order valence-electron chi connectivity index (χ3n) is 2.74. The predicted molar refractivity (Wildman–Crippen MR) is 74.5 cm³/mol. The number of carbonyl (C=O) groups is 1. The molecule has 1 amide bonds. The van der Waals surface area contributed by atoms with Crippen molar-refractivity contribution in [1.82, 2.24) is 10.2 Å². The van der Waals surface area contributed by atoms with Gasteiger partial charge in [0.25, 0.3) is 0 Å². The number of carbonyl (C=O) groups excluding carboxylic acids is 1. The molecule has 0 aliphatic heterocycles. The number of amides is 1. The van der Waals surface area contributed by atoms with Crippen molar-refractivity contribution < 1.29 is 9.53 Å². The first-order chi connectivity index (χ1) is 8.45. The molecular formula is C13H29N3O2. The second-order valence-electron chi connectivity index (χ2n) is 5.42. The van der Waals surface area contributed by atoms with Crippen LogP contribution in [0, 0.1) is 5.41 Å². The van der Waals surface area contributed by atoms with E-state index in [1.165, 1.54) is 0 Å². The van der Waals surface area contributed by atoms with Crippen LogP contribution in [0.15, 0.2) is 0 Å². The molecule has 18 heavy (non-hydrogen) atoms. The zero-order valence-electron chi connectivity index (χ0n) is 12.3. The zero-order chi connectivity index (χ0) is 14.0. The van der Waals surface area contributed by atoms with Gasteiger partial charge in [0.05, 0.1) is 13.2 Å². The summed E-state index contributed by atoms with van der Waals surface area (Å²) in [5.41, 5.74) is 5.78. The summed E-state index contributed by atoms with van der Waals surface area (Å²) in [5.74, 6) is 0.0494. The summed E-state index contributed by atoms with van der Waals surface area (Å²) >= 11 is 0. The standard InChI is InChI=1S/C13H29N3O2/c1-5-7-16(11-13(2,3)10-14)9-12(17)15-6-8-18-4/h5-11,14H2,1-4H3,(H,15,17). The van der Waals surface area contributed by atoms with Crippen LogP contribution in [0.25, 0.3) is 0 Å². The lowest BCUT2D eigenvalue weighted by molar-refractivity contribution is -0.122. The third kappa shape index (κ3) is 8.44. The smallest absolute Gasteiger partial charge is 0.234 e. The topological polar surface area (TPSA) is 67.6 Å². The Kier molecular flexibility index (Phi) is 8.97. The Morgan fingerprint density at radius 1 is 1.44 bits per heavy atom. The van der Waals surface area contributed by atoms with E-state index in [1.807, 2.05) is 0 Å². The highest BCUT2D eigenvalue weighted by Crippen LogP contribution is 2.14. The summed E-state index contributed by atoms with van der Waals surface area (Å²) in [6.45, 7) is 10.3. The molecule has 0 saturated carbocycles. The minimum Gasteiger partial charge on any atom is -0.383 e. The molecule has 108 valence electrons. The lowest BCUT2D eigenvalue weighted by Crippen LogP contribution is -2.44. The molecule has 0 heterocycles. The summed E-state index contributed by atoms with van der Waals surface area (Å²) in [5, 5.41) is 2.84. The van der Waals surface area contributed by atoms with Crippen molar-refractivity contribution in [3.05, 3.63) is 0 Å². The number of rotatable bonds is 10. The fourth-order valence-corrected chi connectivity index (χ4v) is 1.75. The van der Waals surface area contributed by atoms with Crippen LogP contribution >= 0.6 is 0 Å². The average molecular weight is 259 g/mol. The van der Waals surface area contributed by atoms with Crippen LogP contribution in [-0.2, 0) is 9.53 Å². The van der Waals surface area contributed by atoms with Gasteiger partial charge < -0.3 is 15.8 Å². The Bertz CT molecular complexity index is 232. The molecule has 5 heteroatoms. The van der Waals surface area contributed by atoms with Gasteiger partial charge >= 0.3 is 0 Å². The monoisotopic (exact) mass is 259 g/mol. The largest absolute Gasteiger partial charge is 0.383 e. The van der Waals surface area contributed by atoms with Crippen molar-refractivity contribution in [3.63, 3.8) is 0 Å². The molecule has 0 atom stereocenters. The molecule has 0 radical (unpaired) electrons. The number of nitrogens with zero attached hydrogens (tertiary/aromatic N) is 1. The first kappa shape index (κ1) is 17.4. The van der Waals surface area contributed by atoms with E-state index in [2.05, 4.69) is 31.0 Å². The normalized spacial score (nSPS) is 11.9. The lowest BCUT2D eigenvalue weighted by Gasteiger charge is -2.31. The van der Waals surface area contributed by atoms with E-state index < -0.39 is 0 Å². The van der Waals surface area contributed by atoms with Gasteiger partial charge in [-0.2, -0.15) is 0 Å². The van der Waals surface area contributed by atoms with E-state index in [0.717, 1.165) is 19.5 Å². The SMILES string of the molecule is CCCN(CC(=O)NCCOC)CC(C)(C)CN. The van der Waals surface area contributed by atoms with Gasteiger partial charge in [-0.15, -0.1) is 0 Å². The molecule has 0 rings (SSSR count). The number of hydrogen-bond acceptors (Lipinski definition) is 4. The van der Waals surface area contributed by atoms with Crippen LogP contribution in [0.5, 0.6) is 0 Å². The summed E-state index contributed by atoms with van der Waals surface area (Å²) in [7, 11) is 1.62. The van der Waals surface area contributed by atoms with Gasteiger partial charge in [0.2, 0.25) is 5.91 Å². The van der Waals surface area contributed by atoms with Crippen LogP contribution in [0.4, 0.5) is 0 Å². The predicted octanol–water partition coefficient (Wildman–Crippen LogP) is 0.446. The van der Waals surface area contributed by atoms with E-state index in [-0.39, 0.29) is 11.3 Å². The van der Waals surface area contributed by atoms with Crippen LogP contribution in [-0.4, -0.2) is 57.2 Å². The molecule has 0 unspecified atom stereocenters. The Morgan fingerprint density at radius 3 is 2.61 bits per heavy atom. The Hall–Kier alpha value is -0.650. The van der Waals surface area contributed by atoms with Gasteiger partial charge in [-0.25, -0.2) is 0 Å². The van der Waals surface area contributed by atoms with Crippen LogP contribution in [0.3, 0.4) is 0 Å². The number of hydrogen-bond donors (Lipinski definition) is 2. The van der Waals surface area contributed by atoms with Gasteiger partial charge in [0, 0.05) is 20.2 Å². The summed E-state index contributed by atoms with van der Waals surface area (Å²) in [6.07, 6.45) is 1.03. The van der Waals surface area contributed by atoms with E-state index in [0.29, 0.717) is 26.2 Å². The molecule has 0 aliphatic carbocycles. The van der Waals surface area contributed by atoms with Crippen molar-refractivity contribution in [3.8, 4) is 0 Å². The van der Waals surface area contributed by atoms with E-state index in [4.69, 9.17) is 10.5 Å². The lowest BCUT2D eigenvalue weighted by atomic mass is 9.93. The van der Waals surface area contributed by atoms with Gasteiger partial charge in [-0.05, 0) is 24.9 Å². The van der Waals surface area contributed by atoms with Gasteiger partial charge in [0.15, 0.2) is 0 Å². The Balaban J connectivity index is 4.13. The number of nitrogens with two attached hydrogens (primary N) is 1. The van der Waals surface area contributed by atoms with Crippen LogP contribution < -0.4 is 11.1 Å². The highest BCUT2D eigenvalue weighted by molar-refractivity contribution is 5.77. The Morgan fingerprint density at radius 2 is 2.11 bits per heavy atom. The molecule has 0 bridgehead atoms. The molecule has 0 spiro atoms. The van der Waals surface area contributed by atoms with E-state index in [1.54, 1.807) is 7.11 Å². The number of ether oxygens (including phenoxy) is 1. The van der Waals surface area contributed by atoms with E-state index in [9.17, 15) is 4.79 Å². The first-order valence-electron chi connectivity index (χ1n) is 6.63. The van der Waals surface area contributed by atoms with Gasteiger partial charge in [-0.3, -0.25) is 9.69 Å². The van der Waals surface area contributed by atoms with Crippen molar-refractivity contribution in [2.24, 2.45) is 11.1 Å². The molecule has 3 N–H and O–H groups in total. The molecule has 0 aliphatic rings. The van der Waals surface area contributed by atoms with Crippen molar-refractivity contribution >= 4 is 5.91 Å². The molecule has 0 saturated heterocycles. The fourth-order valence-electron chi connectivity index (χ4n) is 1.75. The maximum Gasteiger partial charge on any atom is 0.234 e. The highest BCUT2D eigenvalue weighted by Gasteiger charge is 2.21. The highest BCUT2D eigenvalue weighted by atomic mass is 16.5. The molecule has 0 aromatic rings. The molecular weight excluding hydrogens is 230 g/mol. The zero-order valence-corrected chi connectivity index (χ0v) is 12.3. The number of nitrogens with one attached hydrogen (secondary N) is 1. The van der Waals surface area contributed by atoms with Gasteiger partial charge in [0.1, 0.15) is 0 Å². The second-order valence-corrected chi connectivity index (χ2v) is 5.42. The van der Waals surface area contributed by atoms with Gasteiger partial charge in [-0.1, -0.05) is 20.8 Å². The summed E-state index contributed by atoms with van der Waals surface area (Å²) < 4.78 is 4.90. The molecule has 0 fully saturated rings. The van der Waals surface area contributed by atoms with Crippen molar-refractivity contribution in [2.45, 2.75) is 27.2 Å². The second kappa shape index (κ2) is 9.30. The maximum absolute atomic E-state index is 11.7. The third-order valence-corrected chi connectivity index (χ3v) is 2.74. The number of methoxy groups -OCH3 is 1. The maximum atomic E-state index is 11.7. The fraction of sp³-hybridized carbons (Fsp3) is 0.923. The van der Waals surface area contributed by atoms with Crippen molar-refractivity contribution in [2.75, 3.05) is 46.4 Å². The minimum atomic E-state index is 0.0436. The summed E-state index contributed by atoms with van der Waals surface area (Å²) in [6, 6.07) is 0.